The van der Waals surface area contributed by atoms with Crippen molar-refractivity contribution in [2.45, 2.75) is 11.8 Å². The minimum atomic E-state index is -0.384. The fourth-order valence-corrected chi connectivity index (χ4v) is 1.74. The van der Waals surface area contributed by atoms with Crippen molar-refractivity contribution in [3.63, 3.8) is 0 Å². The Morgan fingerprint density at radius 1 is 1.38 bits per heavy atom. The molecule has 1 rings (SSSR count). The summed E-state index contributed by atoms with van der Waals surface area (Å²) in [6.07, 6.45) is 0.0694. The Balaban J connectivity index is 3.09. The maximum atomic E-state index is 13.4. The monoisotopic (exact) mass is 290 g/mol. The topological polar surface area (TPSA) is 35.5 Å². The number of hydrogen-bond donors (Lipinski definition) is 0. The zero-order chi connectivity index (χ0) is 12.1. The van der Waals surface area contributed by atoms with Crippen LogP contribution in [0.15, 0.2) is 12.1 Å². The quantitative estimate of drug-likeness (QED) is 0.631. The number of methoxy groups -OCH3 is 2. The summed E-state index contributed by atoms with van der Waals surface area (Å²) in [4.78, 5) is 11.2. The lowest BCUT2D eigenvalue weighted by molar-refractivity contribution is -0.139. The number of esters is 1. The summed E-state index contributed by atoms with van der Waals surface area (Å²) >= 11 is 3.18. The summed E-state index contributed by atoms with van der Waals surface area (Å²) in [6.45, 7) is 0. The van der Waals surface area contributed by atoms with Gasteiger partial charge in [-0.25, -0.2) is 4.39 Å². The van der Waals surface area contributed by atoms with Gasteiger partial charge < -0.3 is 9.47 Å². The molecule has 0 amide bonds. The van der Waals surface area contributed by atoms with E-state index in [9.17, 15) is 9.18 Å². The molecular weight excluding hydrogens is 279 g/mol. The van der Waals surface area contributed by atoms with Crippen molar-refractivity contribution in [1.82, 2.24) is 0 Å². The number of carbonyl (C=O) groups excluding carboxylic acids is 1. The molecule has 0 saturated carbocycles. The first-order valence-corrected chi connectivity index (χ1v) is 5.72. The molecule has 0 radical (unpaired) electrons. The number of rotatable bonds is 4. The van der Waals surface area contributed by atoms with Crippen LogP contribution in [0.25, 0.3) is 0 Å². The van der Waals surface area contributed by atoms with E-state index in [2.05, 4.69) is 20.7 Å². The zero-order valence-electron chi connectivity index (χ0n) is 9.05. The minimum absolute atomic E-state index is 0.0694. The highest BCUT2D eigenvalue weighted by atomic mass is 79.9. The van der Waals surface area contributed by atoms with Gasteiger partial charge in [-0.2, -0.15) is 0 Å². The largest absolute Gasteiger partial charge is 0.496 e. The smallest absolute Gasteiger partial charge is 0.310 e. The van der Waals surface area contributed by atoms with Crippen molar-refractivity contribution in [2.24, 2.45) is 0 Å². The van der Waals surface area contributed by atoms with E-state index in [0.717, 1.165) is 0 Å². The molecule has 0 aromatic heterocycles. The second-order valence-electron chi connectivity index (χ2n) is 3.14. The van der Waals surface area contributed by atoms with Gasteiger partial charge in [-0.3, -0.25) is 4.79 Å². The number of alkyl halides is 1. The normalized spacial score (nSPS) is 10.0. The van der Waals surface area contributed by atoms with Gasteiger partial charge in [0.2, 0.25) is 0 Å². The highest BCUT2D eigenvalue weighted by Crippen LogP contribution is 2.25. The van der Waals surface area contributed by atoms with E-state index >= 15 is 0 Å². The molecule has 0 saturated heterocycles. The van der Waals surface area contributed by atoms with E-state index in [0.29, 0.717) is 22.2 Å². The lowest BCUT2D eigenvalue weighted by Gasteiger charge is -2.10. The minimum Gasteiger partial charge on any atom is -0.496 e. The van der Waals surface area contributed by atoms with Crippen molar-refractivity contribution in [3.05, 3.63) is 29.1 Å². The molecule has 88 valence electrons. The summed E-state index contributed by atoms with van der Waals surface area (Å²) in [6, 6.07) is 2.87. The van der Waals surface area contributed by atoms with Crippen LogP contribution >= 0.6 is 15.9 Å². The number of halogens is 2. The molecular formula is C11H12BrFO3. The number of benzene rings is 1. The van der Waals surface area contributed by atoms with E-state index in [4.69, 9.17) is 4.74 Å². The Labute approximate surface area is 102 Å². The third kappa shape index (κ3) is 2.95. The van der Waals surface area contributed by atoms with Gasteiger partial charge in [0.15, 0.2) is 0 Å². The fraction of sp³-hybridized carbons (Fsp3) is 0.364. The Bertz CT molecular complexity index is 393. The maximum Gasteiger partial charge on any atom is 0.310 e. The van der Waals surface area contributed by atoms with Crippen LogP contribution < -0.4 is 4.74 Å². The lowest BCUT2D eigenvalue weighted by atomic mass is 10.1. The fourth-order valence-electron chi connectivity index (χ4n) is 1.31. The number of ether oxygens (including phenoxy) is 2. The Hall–Kier alpha value is -1.10. The van der Waals surface area contributed by atoms with Gasteiger partial charge in [-0.05, 0) is 11.6 Å². The van der Waals surface area contributed by atoms with Crippen LogP contribution in [0.3, 0.4) is 0 Å². The molecule has 0 unspecified atom stereocenters. The molecule has 0 aliphatic heterocycles. The van der Waals surface area contributed by atoms with Gasteiger partial charge in [0.1, 0.15) is 11.6 Å². The average molecular weight is 291 g/mol. The zero-order valence-corrected chi connectivity index (χ0v) is 10.6. The summed E-state index contributed by atoms with van der Waals surface area (Å²) in [7, 11) is 2.74. The van der Waals surface area contributed by atoms with Crippen LogP contribution in [-0.4, -0.2) is 20.2 Å². The Morgan fingerprint density at radius 3 is 2.56 bits per heavy atom. The first kappa shape index (κ1) is 13.0. The second kappa shape index (κ2) is 5.84. The van der Waals surface area contributed by atoms with Crippen LogP contribution in [0.5, 0.6) is 5.75 Å². The summed E-state index contributed by atoms with van der Waals surface area (Å²) in [5.41, 5.74) is 1.10. The van der Waals surface area contributed by atoms with Gasteiger partial charge in [0.05, 0.1) is 20.6 Å². The Kier molecular flexibility index (Phi) is 4.73. The summed E-state index contributed by atoms with van der Waals surface area (Å²) in [5.74, 6) is -0.389. The standard InChI is InChI=1S/C11H12BrFO3/c1-15-10-5-9(13)8(6-12)3-7(10)4-11(14)16-2/h3,5H,4,6H2,1-2H3. The molecule has 0 N–H and O–H groups in total. The van der Waals surface area contributed by atoms with Gasteiger partial charge in [-0.1, -0.05) is 15.9 Å². The maximum absolute atomic E-state index is 13.4. The molecule has 0 spiro atoms. The van der Waals surface area contributed by atoms with E-state index in [1.807, 2.05) is 0 Å². The molecule has 1 aromatic rings. The highest BCUT2D eigenvalue weighted by molar-refractivity contribution is 9.08. The molecule has 16 heavy (non-hydrogen) atoms. The van der Waals surface area contributed by atoms with Gasteiger partial charge in [0.25, 0.3) is 0 Å². The van der Waals surface area contributed by atoms with Crippen molar-refractivity contribution >= 4 is 21.9 Å². The molecule has 0 fully saturated rings. The van der Waals surface area contributed by atoms with Crippen LogP contribution in [0.4, 0.5) is 4.39 Å². The molecule has 3 nitrogen and oxygen atoms in total. The van der Waals surface area contributed by atoms with Crippen molar-refractivity contribution in [1.29, 1.82) is 0 Å². The third-order valence-corrected chi connectivity index (χ3v) is 2.76. The summed E-state index contributed by atoms with van der Waals surface area (Å²) in [5, 5.41) is 0.386. The predicted octanol–water partition coefficient (Wildman–Crippen LogP) is 2.44. The first-order valence-electron chi connectivity index (χ1n) is 4.60. The van der Waals surface area contributed by atoms with Gasteiger partial charge >= 0.3 is 5.97 Å². The molecule has 0 aliphatic carbocycles. The van der Waals surface area contributed by atoms with E-state index in [1.54, 1.807) is 6.07 Å². The van der Waals surface area contributed by atoms with Gasteiger partial charge in [0, 0.05) is 17.0 Å². The molecule has 0 bridgehead atoms. The lowest BCUT2D eigenvalue weighted by Crippen LogP contribution is -2.07. The van der Waals surface area contributed by atoms with E-state index < -0.39 is 0 Å². The van der Waals surface area contributed by atoms with Gasteiger partial charge in [-0.15, -0.1) is 0 Å². The Morgan fingerprint density at radius 2 is 2.06 bits per heavy atom. The van der Waals surface area contributed by atoms with Crippen LogP contribution in [-0.2, 0) is 21.3 Å². The number of carbonyl (C=O) groups is 1. The van der Waals surface area contributed by atoms with E-state index in [-0.39, 0.29) is 18.2 Å². The SMILES string of the molecule is COC(=O)Cc1cc(CBr)c(F)cc1OC. The number of hydrogen-bond acceptors (Lipinski definition) is 3. The molecule has 1 aromatic carbocycles. The molecule has 0 atom stereocenters. The highest BCUT2D eigenvalue weighted by Gasteiger charge is 2.13. The molecule has 0 heterocycles. The summed E-state index contributed by atoms with van der Waals surface area (Å²) < 4.78 is 23.0. The van der Waals surface area contributed by atoms with Crippen LogP contribution in [0, 0.1) is 5.82 Å². The van der Waals surface area contributed by atoms with Crippen LogP contribution in [0.2, 0.25) is 0 Å². The van der Waals surface area contributed by atoms with Crippen LogP contribution in [0.1, 0.15) is 11.1 Å². The third-order valence-electron chi connectivity index (χ3n) is 2.16. The molecule has 0 aliphatic rings. The van der Waals surface area contributed by atoms with Crippen molar-refractivity contribution < 1.29 is 18.7 Å². The van der Waals surface area contributed by atoms with E-state index in [1.165, 1.54) is 20.3 Å². The average Bonchev–Trinajstić information content (AvgIpc) is 2.30. The first-order chi connectivity index (χ1) is 7.62. The van der Waals surface area contributed by atoms with Crippen molar-refractivity contribution in [2.75, 3.05) is 14.2 Å². The second-order valence-corrected chi connectivity index (χ2v) is 3.70. The molecule has 5 heteroatoms. The van der Waals surface area contributed by atoms with Crippen molar-refractivity contribution in [3.8, 4) is 5.75 Å². The predicted molar refractivity (Wildman–Crippen MR) is 61.3 cm³/mol.